The number of carboxylic acids is 1. The van der Waals surface area contributed by atoms with Gasteiger partial charge in [0.25, 0.3) is 5.91 Å². The molecule has 120 valence electrons. The summed E-state index contributed by atoms with van der Waals surface area (Å²) in [5.74, 6) is -1.87. The number of carbonyl (C=O) groups excluding carboxylic acids is 2. The molecule has 0 aliphatic rings. The number of hydrogen-bond donors (Lipinski definition) is 3. The Balaban J connectivity index is 2.51. The summed E-state index contributed by atoms with van der Waals surface area (Å²) in [5.41, 5.74) is 0.416. The molecule has 1 aromatic carbocycles. The lowest BCUT2D eigenvalue weighted by molar-refractivity contribution is -0.142. The van der Waals surface area contributed by atoms with Crippen LogP contribution in [0.4, 0.5) is 0 Å². The summed E-state index contributed by atoms with van der Waals surface area (Å²) in [6.45, 7) is 3.47. The molecule has 6 nitrogen and oxygen atoms in total. The van der Waals surface area contributed by atoms with Gasteiger partial charge in [0.2, 0.25) is 5.91 Å². The van der Waals surface area contributed by atoms with Crippen LogP contribution in [0.15, 0.2) is 28.7 Å². The molecule has 2 amide bonds. The molecule has 7 heteroatoms. The van der Waals surface area contributed by atoms with Gasteiger partial charge in [0.1, 0.15) is 6.04 Å². The Morgan fingerprint density at radius 2 is 1.95 bits per heavy atom. The Labute approximate surface area is 137 Å². The van der Waals surface area contributed by atoms with E-state index in [4.69, 9.17) is 5.11 Å². The highest BCUT2D eigenvalue weighted by Crippen LogP contribution is 2.11. The number of nitrogens with one attached hydrogen (secondary N) is 2. The second-order valence-corrected chi connectivity index (χ2v) is 6.20. The fraction of sp³-hybridized carbons (Fsp3) is 0.400. The van der Waals surface area contributed by atoms with Crippen molar-refractivity contribution in [3.8, 4) is 0 Å². The summed E-state index contributed by atoms with van der Waals surface area (Å²) in [6, 6.07) is 5.80. The molecular weight excluding hydrogens is 352 g/mol. The van der Waals surface area contributed by atoms with E-state index in [1.165, 1.54) is 0 Å². The summed E-state index contributed by atoms with van der Waals surface area (Å²) < 4.78 is 0.757. The predicted octanol–water partition coefficient (Wildman–Crippen LogP) is 1.79. The molecule has 0 aliphatic heterocycles. The number of aliphatic carboxylic acids is 1. The van der Waals surface area contributed by atoms with E-state index >= 15 is 0 Å². The van der Waals surface area contributed by atoms with Crippen LogP contribution in [0.3, 0.4) is 0 Å². The monoisotopic (exact) mass is 370 g/mol. The molecule has 0 saturated heterocycles. The third kappa shape index (κ3) is 6.26. The average Bonchev–Trinajstić information content (AvgIpc) is 2.43. The number of amides is 2. The van der Waals surface area contributed by atoms with Gasteiger partial charge in [-0.1, -0.05) is 35.8 Å². The van der Waals surface area contributed by atoms with Gasteiger partial charge in [0.15, 0.2) is 0 Å². The smallest absolute Gasteiger partial charge is 0.326 e. The number of carbonyl (C=O) groups is 3. The molecular formula is C15H19BrN2O4. The van der Waals surface area contributed by atoms with E-state index in [1.807, 2.05) is 13.8 Å². The lowest BCUT2D eigenvalue weighted by Gasteiger charge is -2.16. The van der Waals surface area contributed by atoms with E-state index in [0.29, 0.717) is 12.0 Å². The first-order valence-electron chi connectivity index (χ1n) is 6.85. The van der Waals surface area contributed by atoms with Crippen LogP contribution >= 0.6 is 15.9 Å². The van der Waals surface area contributed by atoms with Gasteiger partial charge >= 0.3 is 5.97 Å². The van der Waals surface area contributed by atoms with Gasteiger partial charge in [-0.3, -0.25) is 9.59 Å². The topological polar surface area (TPSA) is 95.5 Å². The molecule has 1 atom stereocenters. The Bertz CT molecular complexity index is 560. The summed E-state index contributed by atoms with van der Waals surface area (Å²) in [6.07, 6.45) is 0.334. The third-order valence-corrected chi connectivity index (χ3v) is 3.33. The normalized spacial score (nSPS) is 11.8. The van der Waals surface area contributed by atoms with Gasteiger partial charge in [-0.15, -0.1) is 0 Å². The van der Waals surface area contributed by atoms with Gasteiger partial charge in [-0.2, -0.15) is 0 Å². The van der Waals surface area contributed by atoms with Crippen molar-refractivity contribution in [2.45, 2.75) is 26.3 Å². The molecule has 0 aliphatic carbocycles. The molecule has 0 unspecified atom stereocenters. The highest BCUT2D eigenvalue weighted by molar-refractivity contribution is 9.10. The van der Waals surface area contributed by atoms with Crippen LogP contribution in [-0.4, -0.2) is 35.5 Å². The minimum absolute atomic E-state index is 0.137. The zero-order chi connectivity index (χ0) is 16.7. The SMILES string of the molecule is CC(C)C[C@H](NC(=O)CNC(=O)c1cccc(Br)c1)C(=O)O. The Morgan fingerprint density at radius 3 is 2.50 bits per heavy atom. The molecule has 3 N–H and O–H groups in total. The van der Waals surface area contributed by atoms with E-state index in [-0.39, 0.29) is 12.5 Å². The average molecular weight is 371 g/mol. The molecule has 22 heavy (non-hydrogen) atoms. The first-order chi connectivity index (χ1) is 10.3. The van der Waals surface area contributed by atoms with Crippen LogP contribution in [0, 0.1) is 5.92 Å². The maximum absolute atomic E-state index is 11.9. The minimum atomic E-state index is -1.08. The zero-order valence-corrected chi connectivity index (χ0v) is 14.0. The number of rotatable bonds is 7. The van der Waals surface area contributed by atoms with Gasteiger partial charge in [-0.05, 0) is 30.5 Å². The molecule has 0 bridgehead atoms. The van der Waals surface area contributed by atoms with Crippen molar-refractivity contribution in [3.05, 3.63) is 34.3 Å². The Morgan fingerprint density at radius 1 is 1.27 bits per heavy atom. The Hall–Kier alpha value is -1.89. The molecule has 0 spiro atoms. The molecule has 1 rings (SSSR count). The number of benzene rings is 1. The van der Waals surface area contributed by atoms with E-state index in [0.717, 1.165) is 4.47 Å². The lowest BCUT2D eigenvalue weighted by Crippen LogP contribution is -2.46. The fourth-order valence-electron chi connectivity index (χ4n) is 1.83. The van der Waals surface area contributed by atoms with Crippen molar-refractivity contribution in [1.29, 1.82) is 0 Å². The van der Waals surface area contributed by atoms with Crippen LogP contribution in [-0.2, 0) is 9.59 Å². The highest BCUT2D eigenvalue weighted by Gasteiger charge is 2.21. The van der Waals surface area contributed by atoms with Crippen LogP contribution in [0.2, 0.25) is 0 Å². The number of carboxylic acid groups (broad SMARTS) is 1. The standard InChI is InChI=1S/C15H19BrN2O4/c1-9(2)6-12(15(21)22)18-13(19)8-17-14(20)10-4-3-5-11(16)7-10/h3-5,7,9,12H,6,8H2,1-2H3,(H,17,20)(H,18,19)(H,21,22)/t12-/m0/s1. The summed E-state index contributed by atoms with van der Waals surface area (Å²) in [4.78, 5) is 34.7. The fourth-order valence-corrected chi connectivity index (χ4v) is 2.23. The van der Waals surface area contributed by atoms with E-state index in [1.54, 1.807) is 24.3 Å². The van der Waals surface area contributed by atoms with Crippen LogP contribution < -0.4 is 10.6 Å². The van der Waals surface area contributed by atoms with E-state index < -0.39 is 23.8 Å². The molecule has 0 fully saturated rings. The third-order valence-electron chi connectivity index (χ3n) is 2.84. The first kappa shape index (κ1) is 18.2. The van der Waals surface area contributed by atoms with Crippen molar-refractivity contribution >= 4 is 33.7 Å². The van der Waals surface area contributed by atoms with Crippen LogP contribution in [0.25, 0.3) is 0 Å². The summed E-state index contributed by atoms with van der Waals surface area (Å²) in [5, 5.41) is 13.9. The molecule has 0 heterocycles. The largest absolute Gasteiger partial charge is 0.480 e. The first-order valence-corrected chi connectivity index (χ1v) is 7.64. The van der Waals surface area contributed by atoms with Crippen molar-refractivity contribution < 1.29 is 19.5 Å². The van der Waals surface area contributed by atoms with Gasteiger partial charge < -0.3 is 15.7 Å². The molecule has 0 aromatic heterocycles. The quantitative estimate of drug-likeness (QED) is 0.681. The summed E-state index contributed by atoms with van der Waals surface area (Å²) >= 11 is 3.26. The van der Waals surface area contributed by atoms with Crippen molar-refractivity contribution in [1.82, 2.24) is 10.6 Å². The maximum Gasteiger partial charge on any atom is 0.326 e. The van der Waals surface area contributed by atoms with Crippen molar-refractivity contribution in [2.24, 2.45) is 5.92 Å². The predicted molar refractivity (Wildman–Crippen MR) is 85.5 cm³/mol. The number of hydrogen-bond acceptors (Lipinski definition) is 3. The van der Waals surface area contributed by atoms with E-state index in [9.17, 15) is 14.4 Å². The van der Waals surface area contributed by atoms with E-state index in [2.05, 4.69) is 26.6 Å². The second-order valence-electron chi connectivity index (χ2n) is 5.28. The molecule has 0 saturated carbocycles. The van der Waals surface area contributed by atoms with Gasteiger partial charge in [0, 0.05) is 10.0 Å². The van der Waals surface area contributed by atoms with Crippen LogP contribution in [0.1, 0.15) is 30.6 Å². The van der Waals surface area contributed by atoms with Gasteiger partial charge in [0.05, 0.1) is 6.54 Å². The maximum atomic E-state index is 11.9. The van der Waals surface area contributed by atoms with Crippen molar-refractivity contribution in [2.75, 3.05) is 6.54 Å². The molecule has 0 radical (unpaired) electrons. The number of halogens is 1. The summed E-state index contributed by atoms with van der Waals surface area (Å²) in [7, 11) is 0. The van der Waals surface area contributed by atoms with Crippen molar-refractivity contribution in [3.63, 3.8) is 0 Å². The highest BCUT2D eigenvalue weighted by atomic mass is 79.9. The van der Waals surface area contributed by atoms with Crippen LogP contribution in [0.5, 0.6) is 0 Å². The molecule has 1 aromatic rings. The second kappa shape index (κ2) is 8.53. The minimum Gasteiger partial charge on any atom is -0.480 e. The lowest BCUT2D eigenvalue weighted by atomic mass is 10.0. The Kier molecular flexibility index (Phi) is 7.04. The zero-order valence-electron chi connectivity index (χ0n) is 12.4. The van der Waals surface area contributed by atoms with Gasteiger partial charge in [-0.25, -0.2) is 4.79 Å².